The summed E-state index contributed by atoms with van der Waals surface area (Å²) in [6.45, 7) is 2.73. The van der Waals surface area contributed by atoms with Gasteiger partial charge < -0.3 is 10.0 Å². The fourth-order valence-electron chi connectivity index (χ4n) is 4.22. The van der Waals surface area contributed by atoms with Gasteiger partial charge >= 0.3 is 0 Å². The summed E-state index contributed by atoms with van der Waals surface area (Å²) in [5.74, 6) is -0.636. The van der Waals surface area contributed by atoms with Gasteiger partial charge in [0.25, 0.3) is 5.91 Å². The van der Waals surface area contributed by atoms with Crippen LogP contribution in [0.1, 0.15) is 27.0 Å². The highest BCUT2D eigenvalue weighted by atomic mass is 19.1. The Kier molecular flexibility index (Phi) is 4.24. The number of phenolic OH excluding ortho intramolecular Hbond substituents is 1. The smallest absolute Gasteiger partial charge is 0.258 e. The van der Waals surface area contributed by atoms with E-state index in [-0.39, 0.29) is 17.5 Å². The Balaban J connectivity index is 1.69. The minimum absolute atomic E-state index is 0.0800. The maximum atomic E-state index is 13.3. The average molecular weight is 398 g/mol. The van der Waals surface area contributed by atoms with Gasteiger partial charge in [-0.1, -0.05) is 48.0 Å². The zero-order chi connectivity index (χ0) is 20.8. The molecule has 1 aliphatic heterocycles. The lowest BCUT2D eigenvalue weighted by atomic mass is 9.91. The zero-order valence-corrected chi connectivity index (χ0v) is 16.4. The topological polar surface area (TPSA) is 53.4 Å². The van der Waals surface area contributed by atoms with E-state index < -0.39 is 0 Å². The Labute approximate surface area is 173 Å². The number of phenols is 1. The van der Waals surface area contributed by atoms with E-state index in [4.69, 9.17) is 0 Å². The largest absolute Gasteiger partial charge is 0.505 e. The Hall–Kier alpha value is -3.73. The fraction of sp³-hybridized carbons (Fsp3) is 0.120. The summed E-state index contributed by atoms with van der Waals surface area (Å²) in [5, 5.41) is 11.7. The van der Waals surface area contributed by atoms with Crippen molar-refractivity contribution in [3.05, 3.63) is 94.9 Å². The lowest BCUT2D eigenvalue weighted by Gasteiger charge is -2.16. The van der Waals surface area contributed by atoms with E-state index in [0.29, 0.717) is 24.2 Å². The zero-order valence-electron chi connectivity index (χ0n) is 16.4. The average Bonchev–Trinajstić information content (AvgIpc) is 3.06. The third-order valence-corrected chi connectivity index (χ3v) is 5.59. The van der Waals surface area contributed by atoms with Crippen LogP contribution in [0.25, 0.3) is 22.0 Å². The van der Waals surface area contributed by atoms with Crippen molar-refractivity contribution >= 4 is 16.8 Å². The van der Waals surface area contributed by atoms with E-state index in [1.807, 2.05) is 37.3 Å². The molecule has 3 aromatic carbocycles. The third kappa shape index (κ3) is 2.90. The summed E-state index contributed by atoms with van der Waals surface area (Å²) in [6, 6.07) is 18.0. The summed E-state index contributed by atoms with van der Waals surface area (Å²) in [6.07, 6.45) is 1.62. The van der Waals surface area contributed by atoms with Gasteiger partial charge in [-0.15, -0.1) is 0 Å². The molecule has 0 bridgehead atoms. The van der Waals surface area contributed by atoms with Gasteiger partial charge in [0.1, 0.15) is 11.3 Å². The molecule has 0 unspecified atom stereocenters. The normalized spacial score (nSPS) is 13.1. The van der Waals surface area contributed by atoms with Crippen LogP contribution in [0, 0.1) is 12.7 Å². The number of rotatable bonds is 3. The molecule has 0 spiro atoms. The molecule has 5 rings (SSSR count). The number of fused-ring (bicyclic) bond motifs is 2. The maximum absolute atomic E-state index is 13.3. The standard InChI is InChI=1S/C25H19FN2O2/c1-15-4-2-5-17(12-15)21-19-6-3-11-27-23(19)24(29)22-20(21)14-28(25(22)30)13-16-7-9-18(26)10-8-16/h2-12,29H,13-14H2,1H3. The van der Waals surface area contributed by atoms with E-state index in [0.717, 1.165) is 33.2 Å². The van der Waals surface area contributed by atoms with Crippen LogP contribution in [-0.2, 0) is 13.1 Å². The van der Waals surface area contributed by atoms with E-state index in [9.17, 15) is 14.3 Å². The molecule has 2 heterocycles. The van der Waals surface area contributed by atoms with Crippen molar-refractivity contribution in [2.75, 3.05) is 0 Å². The van der Waals surface area contributed by atoms with Crippen molar-refractivity contribution in [2.24, 2.45) is 0 Å². The molecular formula is C25H19FN2O2. The predicted octanol–water partition coefficient (Wildman–Crippen LogP) is 5.21. The number of benzene rings is 3. The van der Waals surface area contributed by atoms with E-state index in [2.05, 4.69) is 11.1 Å². The van der Waals surface area contributed by atoms with Crippen molar-refractivity contribution in [3.8, 4) is 16.9 Å². The van der Waals surface area contributed by atoms with Crippen LogP contribution in [0.5, 0.6) is 5.75 Å². The summed E-state index contributed by atoms with van der Waals surface area (Å²) in [5.41, 5.74) is 5.37. The molecule has 0 saturated heterocycles. The van der Waals surface area contributed by atoms with Crippen LogP contribution in [0.4, 0.5) is 4.39 Å². The van der Waals surface area contributed by atoms with Crippen LogP contribution in [0.15, 0.2) is 66.9 Å². The predicted molar refractivity (Wildman–Crippen MR) is 114 cm³/mol. The Bertz CT molecular complexity index is 1300. The molecule has 1 N–H and O–H groups in total. The number of aryl methyl sites for hydroxylation is 1. The number of nitrogens with zero attached hydrogens (tertiary/aromatic N) is 2. The minimum atomic E-state index is -0.313. The Morgan fingerprint density at radius 1 is 1.07 bits per heavy atom. The van der Waals surface area contributed by atoms with E-state index in [1.54, 1.807) is 23.2 Å². The summed E-state index contributed by atoms with van der Waals surface area (Å²) >= 11 is 0. The second kappa shape index (κ2) is 6.95. The van der Waals surface area contributed by atoms with Crippen molar-refractivity contribution < 1.29 is 14.3 Å². The van der Waals surface area contributed by atoms with Gasteiger partial charge in [0.15, 0.2) is 5.75 Å². The molecule has 30 heavy (non-hydrogen) atoms. The molecule has 4 aromatic rings. The first-order valence-corrected chi connectivity index (χ1v) is 9.76. The van der Waals surface area contributed by atoms with E-state index >= 15 is 0 Å². The van der Waals surface area contributed by atoms with Gasteiger partial charge in [-0.3, -0.25) is 9.78 Å². The molecule has 5 heteroatoms. The highest BCUT2D eigenvalue weighted by molar-refractivity contribution is 6.12. The molecular weight excluding hydrogens is 379 g/mol. The van der Waals surface area contributed by atoms with Crippen molar-refractivity contribution in [1.82, 2.24) is 9.88 Å². The molecule has 0 aliphatic carbocycles. The number of amides is 1. The van der Waals surface area contributed by atoms with Crippen LogP contribution in [-0.4, -0.2) is 20.9 Å². The number of aromatic hydroxyl groups is 1. The molecule has 0 radical (unpaired) electrons. The molecule has 0 saturated carbocycles. The molecule has 1 aromatic heterocycles. The summed E-state index contributed by atoms with van der Waals surface area (Å²) in [7, 11) is 0. The van der Waals surface area contributed by atoms with Crippen LogP contribution < -0.4 is 0 Å². The molecule has 1 amide bonds. The highest BCUT2D eigenvalue weighted by Crippen LogP contribution is 2.44. The lowest BCUT2D eigenvalue weighted by Crippen LogP contribution is -2.23. The molecule has 0 fully saturated rings. The van der Waals surface area contributed by atoms with Crippen molar-refractivity contribution in [3.63, 3.8) is 0 Å². The number of carbonyl (C=O) groups excluding carboxylic acids is 1. The van der Waals surface area contributed by atoms with Crippen molar-refractivity contribution in [1.29, 1.82) is 0 Å². The summed E-state index contributed by atoms with van der Waals surface area (Å²) < 4.78 is 13.3. The van der Waals surface area contributed by atoms with Gasteiger partial charge in [0.05, 0.1) is 5.56 Å². The third-order valence-electron chi connectivity index (χ3n) is 5.59. The first kappa shape index (κ1) is 18.3. The number of aromatic nitrogens is 1. The van der Waals surface area contributed by atoms with Gasteiger partial charge in [-0.05, 0) is 47.4 Å². The summed E-state index contributed by atoms with van der Waals surface area (Å²) in [4.78, 5) is 19.3. The van der Waals surface area contributed by atoms with Gasteiger partial charge in [-0.25, -0.2) is 4.39 Å². The minimum Gasteiger partial charge on any atom is -0.505 e. The first-order valence-electron chi connectivity index (χ1n) is 9.76. The van der Waals surface area contributed by atoms with Crippen LogP contribution in [0.2, 0.25) is 0 Å². The molecule has 4 nitrogen and oxygen atoms in total. The monoisotopic (exact) mass is 398 g/mol. The molecule has 0 atom stereocenters. The number of hydrogen-bond donors (Lipinski definition) is 1. The Morgan fingerprint density at radius 3 is 2.63 bits per heavy atom. The number of carbonyl (C=O) groups is 1. The van der Waals surface area contributed by atoms with E-state index in [1.165, 1.54) is 12.1 Å². The highest BCUT2D eigenvalue weighted by Gasteiger charge is 2.35. The molecule has 148 valence electrons. The lowest BCUT2D eigenvalue weighted by molar-refractivity contribution is 0.0764. The quantitative estimate of drug-likeness (QED) is 0.515. The number of pyridine rings is 1. The Morgan fingerprint density at radius 2 is 1.87 bits per heavy atom. The van der Waals surface area contributed by atoms with Crippen LogP contribution in [0.3, 0.4) is 0 Å². The number of halogens is 1. The molecule has 1 aliphatic rings. The fourth-order valence-corrected chi connectivity index (χ4v) is 4.22. The van der Waals surface area contributed by atoms with Gasteiger partial charge in [0, 0.05) is 24.7 Å². The van der Waals surface area contributed by atoms with Gasteiger partial charge in [0.2, 0.25) is 0 Å². The second-order valence-electron chi connectivity index (χ2n) is 7.63. The second-order valence-corrected chi connectivity index (χ2v) is 7.63. The SMILES string of the molecule is Cc1cccc(-c2c3c(c(O)c4ncccc24)C(=O)N(Cc2ccc(F)cc2)C3)c1. The first-order chi connectivity index (χ1) is 14.5. The van der Waals surface area contributed by atoms with Crippen LogP contribution >= 0.6 is 0 Å². The van der Waals surface area contributed by atoms with Crippen molar-refractivity contribution in [2.45, 2.75) is 20.0 Å². The maximum Gasteiger partial charge on any atom is 0.258 e. The van der Waals surface area contributed by atoms with Gasteiger partial charge in [-0.2, -0.15) is 0 Å². The number of hydrogen-bond acceptors (Lipinski definition) is 3.